The molecule has 0 bridgehead atoms. The summed E-state index contributed by atoms with van der Waals surface area (Å²) in [4.78, 5) is 41.7. The van der Waals surface area contributed by atoms with Gasteiger partial charge in [-0.05, 0) is 19.1 Å². The number of nitrogens with zero attached hydrogens (tertiary/aromatic N) is 2. The first-order valence-electron chi connectivity index (χ1n) is 8.28. The van der Waals surface area contributed by atoms with Crippen molar-refractivity contribution in [2.24, 2.45) is 0 Å². The number of carbonyl (C=O) groups excluding carboxylic acids is 2. The van der Waals surface area contributed by atoms with Crippen LogP contribution >= 0.6 is 0 Å². The summed E-state index contributed by atoms with van der Waals surface area (Å²) in [7, 11) is 0. The molecule has 27 heavy (non-hydrogen) atoms. The van der Waals surface area contributed by atoms with Crippen molar-refractivity contribution in [1.29, 1.82) is 0 Å². The Morgan fingerprint density at radius 1 is 0.963 bits per heavy atom. The Kier molecular flexibility index (Phi) is 5.37. The lowest BCUT2D eigenvalue weighted by atomic mass is 10.1. The van der Waals surface area contributed by atoms with Crippen LogP contribution in [0.2, 0.25) is 0 Å². The molecule has 3 rings (SSSR count). The van der Waals surface area contributed by atoms with Crippen molar-refractivity contribution >= 4 is 17.4 Å². The minimum absolute atomic E-state index is 0.00276. The van der Waals surface area contributed by atoms with Crippen molar-refractivity contribution in [3.05, 3.63) is 106 Å². The minimum atomic E-state index is -0.410. The van der Waals surface area contributed by atoms with Gasteiger partial charge in [-0.25, -0.2) is 4.98 Å². The quantitative estimate of drug-likeness (QED) is 0.561. The molecule has 0 aliphatic heterocycles. The lowest BCUT2D eigenvalue weighted by Gasteiger charge is -2.10. The van der Waals surface area contributed by atoms with Crippen LogP contribution in [0.5, 0.6) is 0 Å². The number of ketones is 1. The molecule has 6 heteroatoms. The summed E-state index contributed by atoms with van der Waals surface area (Å²) in [6.45, 7) is 1.69. The summed E-state index contributed by atoms with van der Waals surface area (Å²) < 4.78 is 1.12. The maximum atomic E-state index is 12.9. The first-order chi connectivity index (χ1) is 13.1. The van der Waals surface area contributed by atoms with Gasteiger partial charge >= 0.3 is 0 Å². The van der Waals surface area contributed by atoms with Gasteiger partial charge in [0.05, 0.1) is 0 Å². The summed E-state index contributed by atoms with van der Waals surface area (Å²) in [5.74, 6) is -0.793. The third-order valence-electron chi connectivity index (χ3n) is 3.85. The molecule has 0 aliphatic carbocycles. The van der Waals surface area contributed by atoms with Crippen molar-refractivity contribution in [1.82, 2.24) is 14.9 Å². The van der Waals surface area contributed by atoms with Gasteiger partial charge in [0.1, 0.15) is 12.0 Å². The van der Waals surface area contributed by atoms with Gasteiger partial charge in [-0.15, -0.1) is 0 Å². The molecule has 0 radical (unpaired) electrons. The van der Waals surface area contributed by atoms with Crippen LogP contribution in [0.15, 0.2) is 84.1 Å². The first-order valence-corrected chi connectivity index (χ1v) is 8.28. The summed E-state index contributed by atoms with van der Waals surface area (Å²) in [5.41, 5.74) is 0.964. The number of Topliss-reactive ketones (excluding diaryl/α,β-unsaturated/α-hetero) is 1. The van der Waals surface area contributed by atoms with Crippen LogP contribution in [0.4, 0.5) is 0 Å². The topological polar surface area (TPSA) is 81.1 Å². The Morgan fingerprint density at radius 3 is 2.15 bits per heavy atom. The molecule has 1 aromatic heterocycles. The van der Waals surface area contributed by atoms with Crippen molar-refractivity contribution < 1.29 is 9.59 Å². The first kappa shape index (κ1) is 18.0. The molecular formula is C21H17N3O3. The van der Waals surface area contributed by atoms with Crippen LogP contribution in [0.25, 0.3) is 5.70 Å². The fourth-order valence-electron chi connectivity index (χ4n) is 2.46. The molecule has 1 amide bonds. The maximum absolute atomic E-state index is 12.9. The number of aromatic nitrogens is 2. The Morgan fingerprint density at radius 2 is 1.56 bits per heavy atom. The smallest absolute Gasteiger partial charge is 0.258 e. The number of amides is 1. The second-order valence-electron chi connectivity index (χ2n) is 5.80. The fraction of sp³-hybridized carbons (Fsp3) is 0.0476. The number of hydrogen-bond acceptors (Lipinski definition) is 4. The number of rotatable bonds is 5. The van der Waals surface area contributed by atoms with Gasteiger partial charge in [-0.1, -0.05) is 48.5 Å². The van der Waals surface area contributed by atoms with E-state index in [2.05, 4.69) is 10.3 Å². The maximum Gasteiger partial charge on any atom is 0.258 e. The Labute approximate surface area is 155 Å². The molecule has 0 unspecified atom stereocenters. The van der Waals surface area contributed by atoms with Crippen LogP contribution in [0.1, 0.15) is 26.4 Å². The molecule has 3 aromatic rings. The van der Waals surface area contributed by atoms with Gasteiger partial charge < -0.3 is 5.32 Å². The lowest BCUT2D eigenvalue weighted by Crippen LogP contribution is -2.26. The highest BCUT2D eigenvalue weighted by Crippen LogP contribution is 2.11. The van der Waals surface area contributed by atoms with Gasteiger partial charge in [-0.3, -0.25) is 19.0 Å². The third-order valence-corrected chi connectivity index (χ3v) is 3.85. The van der Waals surface area contributed by atoms with Gasteiger partial charge in [0, 0.05) is 29.1 Å². The van der Waals surface area contributed by atoms with Gasteiger partial charge in [0.2, 0.25) is 5.78 Å². The SMILES string of the molecule is Cc1cc(=O)n(C(=CNC(=O)c2ccccc2)C(=O)c2ccccc2)cn1. The summed E-state index contributed by atoms with van der Waals surface area (Å²) in [6.07, 6.45) is 2.52. The lowest BCUT2D eigenvalue weighted by molar-refractivity contribution is 0.0970. The number of nitrogens with one attached hydrogen (secondary N) is 1. The standard InChI is InChI=1S/C21H17N3O3/c1-15-12-19(25)24(14-23-15)18(20(26)16-8-4-2-5-9-16)13-22-21(27)17-10-6-3-7-11-17/h2-14H,1H3,(H,22,27). The number of carbonyl (C=O) groups is 2. The second-order valence-corrected chi connectivity index (χ2v) is 5.80. The Balaban J connectivity index is 2.00. The second kappa shape index (κ2) is 8.05. The Bertz CT molecular complexity index is 1050. The monoisotopic (exact) mass is 359 g/mol. The molecule has 0 aliphatic rings. The van der Waals surface area contributed by atoms with Crippen molar-refractivity contribution in [2.45, 2.75) is 6.92 Å². The minimum Gasteiger partial charge on any atom is -0.326 e. The van der Waals surface area contributed by atoms with E-state index in [1.165, 1.54) is 18.6 Å². The van der Waals surface area contributed by atoms with E-state index in [-0.39, 0.29) is 11.6 Å². The van der Waals surface area contributed by atoms with Crippen molar-refractivity contribution in [3.63, 3.8) is 0 Å². The predicted molar refractivity (Wildman–Crippen MR) is 102 cm³/mol. The highest BCUT2D eigenvalue weighted by Gasteiger charge is 2.16. The molecule has 0 atom stereocenters. The summed E-state index contributed by atoms with van der Waals surface area (Å²) in [5, 5.41) is 2.58. The molecule has 0 saturated carbocycles. The highest BCUT2D eigenvalue weighted by atomic mass is 16.2. The highest BCUT2D eigenvalue weighted by molar-refractivity contribution is 6.24. The summed E-state index contributed by atoms with van der Waals surface area (Å²) in [6, 6.07) is 18.4. The van der Waals surface area contributed by atoms with Crippen molar-refractivity contribution in [3.8, 4) is 0 Å². The van der Waals surface area contributed by atoms with Crippen LogP contribution in [0.3, 0.4) is 0 Å². The molecule has 1 N–H and O–H groups in total. The third kappa shape index (κ3) is 4.24. The predicted octanol–water partition coefficient (Wildman–Crippen LogP) is 2.66. The fourth-order valence-corrected chi connectivity index (χ4v) is 2.46. The van der Waals surface area contributed by atoms with Crippen LogP contribution in [0, 0.1) is 6.92 Å². The molecule has 0 fully saturated rings. The largest absolute Gasteiger partial charge is 0.326 e. The van der Waals surface area contributed by atoms with E-state index in [0.717, 1.165) is 4.57 Å². The number of aryl methyl sites for hydroxylation is 1. The van der Waals surface area contributed by atoms with Crippen LogP contribution < -0.4 is 10.9 Å². The molecule has 134 valence electrons. The normalized spacial score (nSPS) is 11.1. The van der Waals surface area contributed by atoms with E-state index in [9.17, 15) is 14.4 Å². The summed E-state index contributed by atoms with van der Waals surface area (Å²) >= 11 is 0. The average Bonchev–Trinajstić information content (AvgIpc) is 2.70. The van der Waals surface area contributed by atoms with Crippen molar-refractivity contribution in [2.75, 3.05) is 0 Å². The number of allylic oxidation sites excluding steroid dienone is 1. The molecule has 1 heterocycles. The zero-order chi connectivity index (χ0) is 19.2. The van der Waals surface area contributed by atoms with Gasteiger partial charge in [-0.2, -0.15) is 0 Å². The van der Waals surface area contributed by atoms with Gasteiger partial charge in [0.25, 0.3) is 11.5 Å². The zero-order valence-corrected chi connectivity index (χ0v) is 14.6. The van der Waals surface area contributed by atoms with Gasteiger partial charge in [0.15, 0.2) is 0 Å². The van der Waals surface area contributed by atoms with Crippen LogP contribution in [-0.2, 0) is 0 Å². The molecule has 2 aromatic carbocycles. The van der Waals surface area contributed by atoms with E-state index < -0.39 is 11.3 Å². The number of hydrogen-bond donors (Lipinski definition) is 1. The van der Waals surface area contributed by atoms with E-state index >= 15 is 0 Å². The van der Waals surface area contributed by atoms with E-state index in [1.807, 2.05) is 0 Å². The molecule has 6 nitrogen and oxygen atoms in total. The zero-order valence-electron chi connectivity index (χ0n) is 14.6. The molecular weight excluding hydrogens is 342 g/mol. The number of benzene rings is 2. The molecule has 0 spiro atoms. The van der Waals surface area contributed by atoms with E-state index in [1.54, 1.807) is 67.6 Å². The average molecular weight is 359 g/mol. The van der Waals surface area contributed by atoms with E-state index in [0.29, 0.717) is 16.8 Å². The molecule has 0 saturated heterocycles. The Hall–Kier alpha value is -3.80. The van der Waals surface area contributed by atoms with Crippen LogP contribution in [-0.4, -0.2) is 21.2 Å². The van der Waals surface area contributed by atoms with E-state index in [4.69, 9.17) is 0 Å².